The van der Waals surface area contributed by atoms with Gasteiger partial charge in [0.25, 0.3) is 0 Å². The van der Waals surface area contributed by atoms with Crippen LogP contribution in [0.3, 0.4) is 0 Å². The van der Waals surface area contributed by atoms with Crippen LogP contribution in [0.4, 0.5) is 0 Å². The first-order valence-electron chi connectivity index (χ1n) is 35.6. The van der Waals surface area contributed by atoms with E-state index in [1.54, 1.807) is 0 Å². The number of nitrogens with one attached hydrogen (secondary N) is 1. The monoisotopic (exact) mass is 1090 g/mol. The molecule has 0 bridgehead atoms. The quantitative estimate of drug-likeness (QED) is 0.0308. The van der Waals surface area contributed by atoms with Crippen LogP contribution in [0.25, 0.3) is 0 Å². The summed E-state index contributed by atoms with van der Waals surface area (Å²) in [7, 11) is 0. The number of rotatable bonds is 67. The smallest absolute Gasteiger partial charge is 0.249 e. The molecule has 5 N–H and O–H groups in total. The Bertz CT molecular complexity index is 1130. The summed E-state index contributed by atoms with van der Waals surface area (Å²) in [6.45, 7) is 4.11. The van der Waals surface area contributed by atoms with Crippen LogP contribution < -0.4 is 5.32 Å². The summed E-state index contributed by atoms with van der Waals surface area (Å²) in [4.78, 5) is 12.7. The van der Waals surface area contributed by atoms with Crippen molar-refractivity contribution >= 4 is 5.91 Å². The second-order valence-corrected chi connectivity index (χ2v) is 24.9. The lowest BCUT2D eigenvalue weighted by Gasteiger charge is -2.27. The number of carbonyl (C=O) groups is 1. The minimum absolute atomic E-state index is 0.369. The number of aliphatic hydroxyl groups excluding tert-OH is 4. The van der Waals surface area contributed by atoms with E-state index in [0.717, 1.165) is 38.5 Å². The van der Waals surface area contributed by atoms with Gasteiger partial charge >= 0.3 is 0 Å². The normalized spacial score (nSPS) is 13.5. The fraction of sp³-hybridized carbons (Fsp3) is 0.958. The van der Waals surface area contributed by atoms with E-state index in [-0.39, 0.29) is 0 Å². The van der Waals surface area contributed by atoms with E-state index in [1.165, 1.54) is 340 Å². The second-order valence-electron chi connectivity index (χ2n) is 24.9. The van der Waals surface area contributed by atoms with Crippen LogP contribution in [0.1, 0.15) is 406 Å². The topological polar surface area (TPSA) is 110 Å². The number of hydrogen-bond acceptors (Lipinski definition) is 5. The predicted molar refractivity (Wildman–Crippen MR) is 339 cm³/mol. The van der Waals surface area contributed by atoms with Crippen molar-refractivity contribution in [2.75, 3.05) is 6.61 Å². The molecule has 1 amide bonds. The van der Waals surface area contributed by atoms with Crippen LogP contribution in [0.2, 0.25) is 0 Å². The van der Waals surface area contributed by atoms with Crippen molar-refractivity contribution in [3.05, 3.63) is 12.2 Å². The maximum absolute atomic E-state index is 12.7. The standard InChI is InChI=1S/C71H141NO5/c1-3-5-7-9-11-13-15-17-19-21-23-25-27-29-31-33-34-35-37-39-41-43-45-47-49-51-53-55-57-59-61-63-65-69(75)71(77)72-67(66-73)70(76)68(74)64-62-60-58-56-54-52-50-48-46-44-42-40-38-36-32-30-28-26-24-22-20-18-16-14-12-10-8-6-4-2/h56,58,67-70,73-76H,3-55,57,59-66H2,1-2H3,(H,72,77)/b58-56+. The van der Waals surface area contributed by atoms with E-state index in [0.29, 0.717) is 12.8 Å². The Morgan fingerprint density at radius 1 is 0.312 bits per heavy atom. The van der Waals surface area contributed by atoms with Gasteiger partial charge in [0.1, 0.15) is 12.2 Å². The summed E-state index contributed by atoms with van der Waals surface area (Å²) in [5, 5.41) is 44.2. The Morgan fingerprint density at radius 2 is 0.532 bits per heavy atom. The fourth-order valence-electron chi connectivity index (χ4n) is 11.7. The minimum atomic E-state index is -1.28. The number of aliphatic hydroxyl groups is 4. The van der Waals surface area contributed by atoms with E-state index >= 15 is 0 Å². The zero-order valence-electron chi connectivity index (χ0n) is 52.5. The maximum atomic E-state index is 12.7. The lowest BCUT2D eigenvalue weighted by Crippen LogP contribution is -2.53. The molecular weight excluding hydrogens is 947 g/mol. The highest BCUT2D eigenvalue weighted by Gasteiger charge is 2.28. The zero-order valence-corrected chi connectivity index (χ0v) is 52.5. The van der Waals surface area contributed by atoms with Gasteiger partial charge in [0, 0.05) is 0 Å². The van der Waals surface area contributed by atoms with E-state index in [2.05, 4.69) is 31.3 Å². The molecule has 0 aliphatic heterocycles. The van der Waals surface area contributed by atoms with Gasteiger partial charge < -0.3 is 25.7 Å². The van der Waals surface area contributed by atoms with Gasteiger partial charge in [-0.1, -0.05) is 379 Å². The molecule has 4 atom stereocenters. The third-order valence-corrected chi connectivity index (χ3v) is 17.2. The van der Waals surface area contributed by atoms with Gasteiger partial charge in [-0.25, -0.2) is 0 Å². The molecule has 6 nitrogen and oxygen atoms in total. The fourth-order valence-corrected chi connectivity index (χ4v) is 11.7. The largest absolute Gasteiger partial charge is 0.394 e. The number of amides is 1. The van der Waals surface area contributed by atoms with Crippen molar-refractivity contribution in [2.24, 2.45) is 0 Å². The molecule has 460 valence electrons. The Balaban J connectivity index is 3.53. The van der Waals surface area contributed by atoms with Crippen LogP contribution >= 0.6 is 0 Å². The van der Waals surface area contributed by atoms with Gasteiger partial charge in [-0.2, -0.15) is 0 Å². The first kappa shape index (κ1) is 76.0. The van der Waals surface area contributed by atoms with Crippen molar-refractivity contribution in [3.8, 4) is 0 Å². The maximum Gasteiger partial charge on any atom is 0.249 e. The Labute approximate surface area is 482 Å². The van der Waals surface area contributed by atoms with Gasteiger partial charge in [0.05, 0.1) is 18.8 Å². The molecule has 4 unspecified atom stereocenters. The molecule has 0 aromatic rings. The number of hydrogen-bond donors (Lipinski definition) is 5. The van der Waals surface area contributed by atoms with E-state index in [9.17, 15) is 25.2 Å². The predicted octanol–water partition coefficient (Wildman–Crippen LogP) is 21.9. The molecule has 0 aromatic carbocycles. The third kappa shape index (κ3) is 59.5. The highest BCUT2D eigenvalue weighted by Crippen LogP contribution is 2.20. The molecule has 0 saturated carbocycles. The van der Waals surface area contributed by atoms with Gasteiger partial charge in [-0.3, -0.25) is 4.79 Å². The molecule has 6 heteroatoms. The van der Waals surface area contributed by atoms with Crippen molar-refractivity contribution in [1.82, 2.24) is 5.32 Å². The van der Waals surface area contributed by atoms with Crippen molar-refractivity contribution in [3.63, 3.8) is 0 Å². The summed E-state index contributed by atoms with van der Waals surface area (Å²) < 4.78 is 0. The van der Waals surface area contributed by atoms with Crippen LogP contribution in [0.5, 0.6) is 0 Å². The van der Waals surface area contributed by atoms with Crippen LogP contribution in [0.15, 0.2) is 12.2 Å². The Morgan fingerprint density at radius 3 is 0.779 bits per heavy atom. The molecule has 0 heterocycles. The summed E-state index contributed by atoms with van der Waals surface area (Å²) in [6, 6.07) is -1.00. The molecule has 0 spiro atoms. The Kier molecular flexibility index (Phi) is 65.0. The molecule has 0 aromatic heterocycles. The van der Waals surface area contributed by atoms with Crippen LogP contribution in [-0.4, -0.2) is 57.3 Å². The molecule has 0 aliphatic rings. The van der Waals surface area contributed by atoms with Crippen molar-refractivity contribution < 1.29 is 25.2 Å². The molecule has 0 rings (SSSR count). The number of unbranched alkanes of at least 4 members (excludes halogenated alkanes) is 56. The first-order valence-corrected chi connectivity index (χ1v) is 35.6. The molecule has 77 heavy (non-hydrogen) atoms. The van der Waals surface area contributed by atoms with Crippen molar-refractivity contribution in [2.45, 2.75) is 430 Å². The lowest BCUT2D eigenvalue weighted by molar-refractivity contribution is -0.132. The highest BCUT2D eigenvalue weighted by molar-refractivity contribution is 5.80. The summed E-state index contributed by atoms with van der Waals surface area (Å²) in [5.74, 6) is -0.584. The molecule has 0 saturated heterocycles. The SMILES string of the molecule is CCCCCCCCCCCCCCCCCCCCCCCCCC/C=C/CCCC(O)C(O)C(CO)NC(=O)C(O)CCCCCCCCCCCCCCCCCCCCCCCCCCCCCCCCCC. The van der Waals surface area contributed by atoms with Gasteiger partial charge in [0.15, 0.2) is 0 Å². The van der Waals surface area contributed by atoms with Gasteiger partial charge in [0.2, 0.25) is 5.91 Å². The average Bonchev–Trinajstić information content (AvgIpc) is 3.43. The van der Waals surface area contributed by atoms with E-state index in [4.69, 9.17) is 0 Å². The Hall–Kier alpha value is -0.950. The highest BCUT2D eigenvalue weighted by atomic mass is 16.3. The first-order chi connectivity index (χ1) is 38.0. The van der Waals surface area contributed by atoms with E-state index in [1.807, 2.05) is 0 Å². The molecule has 0 radical (unpaired) electrons. The zero-order chi connectivity index (χ0) is 55.8. The molecular formula is C71H141NO5. The third-order valence-electron chi connectivity index (χ3n) is 17.2. The van der Waals surface area contributed by atoms with Crippen molar-refractivity contribution in [1.29, 1.82) is 0 Å². The van der Waals surface area contributed by atoms with Gasteiger partial charge in [-0.15, -0.1) is 0 Å². The number of carbonyl (C=O) groups excluding carboxylic acids is 1. The van der Waals surface area contributed by atoms with E-state index < -0.39 is 36.9 Å². The lowest BCUT2D eigenvalue weighted by atomic mass is 10.00. The van der Waals surface area contributed by atoms with Crippen LogP contribution in [0, 0.1) is 0 Å². The summed E-state index contributed by atoms with van der Waals surface area (Å²) in [5.41, 5.74) is 0. The summed E-state index contributed by atoms with van der Waals surface area (Å²) in [6.07, 6.45) is 82.1. The molecule has 0 aliphatic carbocycles. The van der Waals surface area contributed by atoms with Gasteiger partial charge in [-0.05, 0) is 38.5 Å². The molecule has 0 fully saturated rings. The second kappa shape index (κ2) is 65.9. The minimum Gasteiger partial charge on any atom is -0.394 e. The van der Waals surface area contributed by atoms with Crippen LogP contribution in [-0.2, 0) is 4.79 Å². The number of allylic oxidation sites excluding steroid dienone is 2. The average molecular weight is 1090 g/mol. The summed E-state index contributed by atoms with van der Waals surface area (Å²) >= 11 is 0.